The highest BCUT2D eigenvalue weighted by Gasteiger charge is 2.15. The maximum atomic E-state index is 5.23. The van der Waals surface area contributed by atoms with E-state index in [2.05, 4.69) is 54.9 Å². The monoisotopic (exact) mass is 287 g/mol. The van der Waals surface area contributed by atoms with Crippen molar-refractivity contribution in [2.45, 2.75) is 40.3 Å². The van der Waals surface area contributed by atoms with E-state index >= 15 is 0 Å². The first-order chi connectivity index (χ1) is 10.1. The molecule has 1 aromatic heterocycles. The van der Waals surface area contributed by atoms with E-state index in [-0.39, 0.29) is 6.04 Å². The van der Waals surface area contributed by atoms with Gasteiger partial charge in [-0.2, -0.15) is 5.10 Å². The molecule has 4 nitrogen and oxygen atoms in total. The Bertz CT molecular complexity index is 587. The minimum absolute atomic E-state index is 0.248. The summed E-state index contributed by atoms with van der Waals surface area (Å²) in [6.07, 6.45) is 0. The maximum Gasteiger partial charge on any atom is 0.118 e. The van der Waals surface area contributed by atoms with Gasteiger partial charge in [0.15, 0.2) is 0 Å². The molecule has 0 amide bonds. The zero-order valence-corrected chi connectivity index (χ0v) is 13.6. The van der Waals surface area contributed by atoms with Crippen molar-refractivity contribution < 1.29 is 4.74 Å². The summed E-state index contributed by atoms with van der Waals surface area (Å²) in [5.41, 5.74) is 4.88. The van der Waals surface area contributed by atoms with E-state index in [4.69, 9.17) is 4.74 Å². The van der Waals surface area contributed by atoms with E-state index < -0.39 is 0 Å². The van der Waals surface area contributed by atoms with Crippen LogP contribution in [0.4, 0.5) is 0 Å². The second-order valence-corrected chi connectivity index (χ2v) is 5.36. The highest BCUT2D eigenvalue weighted by atomic mass is 16.5. The van der Waals surface area contributed by atoms with Gasteiger partial charge >= 0.3 is 0 Å². The fourth-order valence-corrected chi connectivity index (χ4v) is 2.51. The van der Waals surface area contributed by atoms with Crippen molar-refractivity contribution in [3.63, 3.8) is 0 Å². The van der Waals surface area contributed by atoms with Crippen molar-refractivity contribution >= 4 is 0 Å². The van der Waals surface area contributed by atoms with Crippen LogP contribution in [0.1, 0.15) is 35.5 Å². The van der Waals surface area contributed by atoms with Gasteiger partial charge < -0.3 is 10.1 Å². The summed E-state index contributed by atoms with van der Waals surface area (Å²) < 4.78 is 7.33. The van der Waals surface area contributed by atoms with Gasteiger partial charge in [0, 0.05) is 5.69 Å². The van der Waals surface area contributed by atoms with E-state index in [1.54, 1.807) is 7.11 Å². The predicted octanol–water partition coefficient (Wildman–Crippen LogP) is 3.17. The van der Waals surface area contributed by atoms with Crippen molar-refractivity contribution in [1.29, 1.82) is 0 Å². The van der Waals surface area contributed by atoms with Crippen LogP contribution in [0.3, 0.4) is 0 Å². The average Bonchev–Trinajstić information content (AvgIpc) is 2.74. The van der Waals surface area contributed by atoms with Crippen molar-refractivity contribution in [3.8, 4) is 5.75 Å². The average molecular weight is 287 g/mol. The highest BCUT2D eigenvalue weighted by Crippen LogP contribution is 2.21. The van der Waals surface area contributed by atoms with Crippen LogP contribution in [0, 0.1) is 20.8 Å². The van der Waals surface area contributed by atoms with Crippen molar-refractivity contribution in [3.05, 3.63) is 46.8 Å². The van der Waals surface area contributed by atoms with Crippen molar-refractivity contribution in [1.82, 2.24) is 15.1 Å². The third-order valence-electron chi connectivity index (χ3n) is 4.07. The molecule has 0 bridgehead atoms. The Morgan fingerprint density at radius 2 is 1.86 bits per heavy atom. The molecule has 2 rings (SSSR count). The number of aryl methyl sites for hydroxylation is 1. The third-order valence-corrected chi connectivity index (χ3v) is 4.07. The highest BCUT2D eigenvalue weighted by molar-refractivity contribution is 5.29. The van der Waals surface area contributed by atoms with E-state index in [1.807, 2.05) is 12.1 Å². The molecule has 0 spiro atoms. The van der Waals surface area contributed by atoms with Crippen LogP contribution in [-0.4, -0.2) is 23.4 Å². The number of nitrogens with one attached hydrogen (secondary N) is 1. The minimum atomic E-state index is 0.248. The lowest BCUT2D eigenvalue weighted by Crippen LogP contribution is -2.26. The predicted molar refractivity (Wildman–Crippen MR) is 85.8 cm³/mol. The minimum Gasteiger partial charge on any atom is -0.497 e. The standard InChI is InChI=1S/C17H25N3O/c1-6-18-17(15-7-9-16(21-5)10-8-15)11-20-14(4)12(2)13(3)19-20/h7-10,17-18H,6,11H2,1-5H3. The molecule has 0 aliphatic heterocycles. The number of hydrogen-bond acceptors (Lipinski definition) is 3. The molecule has 21 heavy (non-hydrogen) atoms. The molecule has 1 unspecified atom stereocenters. The normalized spacial score (nSPS) is 12.4. The molecule has 1 aromatic carbocycles. The second kappa shape index (κ2) is 6.76. The summed E-state index contributed by atoms with van der Waals surface area (Å²) in [5, 5.41) is 8.18. The second-order valence-electron chi connectivity index (χ2n) is 5.36. The summed E-state index contributed by atoms with van der Waals surface area (Å²) >= 11 is 0. The number of ether oxygens (including phenoxy) is 1. The molecule has 4 heteroatoms. The molecule has 0 saturated heterocycles. The number of methoxy groups -OCH3 is 1. The number of hydrogen-bond donors (Lipinski definition) is 1. The molecule has 114 valence electrons. The van der Waals surface area contributed by atoms with Crippen LogP contribution in [0.2, 0.25) is 0 Å². The van der Waals surface area contributed by atoms with Gasteiger partial charge in [-0.15, -0.1) is 0 Å². The lowest BCUT2D eigenvalue weighted by Gasteiger charge is -2.19. The van der Waals surface area contributed by atoms with E-state index in [0.29, 0.717) is 0 Å². The Morgan fingerprint density at radius 3 is 2.33 bits per heavy atom. The number of likely N-dealkylation sites (N-methyl/N-ethyl adjacent to an activating group) is 1. The third kappa shape index (κ3) is 3.45. The first kappa shape index (κ1) is 15.6. The lowest BCUT2D eigenvalue weighted by atomic mass is 10.1. The van der Waals surface area contributed by atoms with Crippen molar-refractivity contribution in [2.24, 2.45) is 0 Å². The zero-order valence-electron chi connectivity index (χ0n) is 13.6. The van der Waals surface area contributed by atoms with Crippen LogP contribution >= 0.6 is 0 Å². The summed E-state index contributed by atoms with van der Waals surface area (Å²) in [5.74, 6) is 0.885. The molecule has 1 N–H and O–H groups in total. The molecular weight excluding hydrogens is 262 g/mol. The summed E-state index contributed by atoms with van der Waals surface area (Å²) in [6, 6.07) is 8.49. The van der Waals surface area contributed by atoms with Crippen LogP contribution in [0.15, 0.2) is 24.3 Å². The zero-order chi connectivity index (χ0) is 15.4. The molecule has 2 aromatic rings. The summed E-state index contributed by atoms with van der Waals surface area (Å²) in [4.78, 5) is 0. The number of aromatic nitrogens is 2. The number of benzene rings is 1. The van der Waals surface area contributed by atoms with E-state index in [1.165, 1.54) is 16.8 Å². The van der Waals surface area contributed by atoms with Gasteiger partial charge in [0.1, 0.15) is 5.75 Å². The smallest absolute Gasteiger partial charge is 0.118 e. The van der Waals surface area contributed by atoms with Crippen LogP contribution in [0.25, 0.3) is 0 Å². The first-order valence-electron chi connectivity index (χ1n) is 7.44. The molecule has 0 aliphatic carbocycles. The topological polar surface area (TPSA) is 39.1 Å². The summed E-state index contributed by atoms with van der Waals surface area (Å²) in [6.45, 7) is 10.2. The molecule has 1 heterocycles. The van der Waals surface area contributed by atoms with E-state index in [9.17, 15) is 0 Å². The van der Waals surface area contributed by atoms with Gasteiger partial charge in [-0.05, 0) is 50.6 Å². The number of nitrogens with zero attached hydrogens (tertiary/aromatic N) is 2. The van der Waals surface area contributed by atoms with Gasteiger partial charge in [-0.1, -0.05) is 19.1 Å². The Balaban J connectivity index is 2.23. The van der Waals surface area contributed by atoms with E-state index in [0.717, 1.165) is 24.5 Å². The summed E-state index contributed by atoms with van der Waals surface area (Å²) in [7, 11) is 1.69. The largest absolute Gasteiger partial charge is 0.497 e. The Kier molecular flexibility index (Phi) is 5.02. The van der Waals surface area contributed by atoms with Crippen LogP contribution in [0.5, 0.6) is 5.75 Å². The van der Waals surface area contributed by atoms with Gasteiger partial charge in [-0.25, -0.2) is 0 Å². The fraction of sp³-hybridized carbons (Fsp3) is 0.471. The molecular formula is C17H25N3O. The van der Waals surface area contributed by atoms with Crippen LogP contribution < -0.4 is 10.1 Å². The van der Waals surface area contributed by atoms with Gasteiger partial charge in [0.2, 0.25) is 0 Å². The number of rotatable bonds is 6. The van der Waals surface area contributed by atoms with Gasteiger partial charge in [0.05, 0.1) is 25.4 Å². The molecule has 0 aliphatic rings. The maximum absolute atomic E-state index is 5.23. The Labute approximate surface area is 127 Å². The molecule has 1 atom stereocenters. The fourth-order valence-electron chi connectivity index (χ4n) is 2.51. The lowest BCUT2D eigenvalue weighted by molar-refractivity contribution is 0.412. The first-order valence-corrected chi connectivity index (χ1v) is 7.44. The molecule has 0 saturated carbocycles. The SMILES string of the molecule is CCNC(Cn1nc(C)c(C)c1C)c1ccc(OC)cc1. The van der Waals surface area contributed by atoms with Crippen molar-refractivity contribution in [2.75, 3.05) is 13.7 Å². The Hall–Kier alpha value is -1.81. The quantitative estimate of drug-likeness (QED) is 0.887. The van der Waals surface area contributed by atoms with Gasteiger partial charge in [0.25, 0.3) is 0 Å². The van der Waals surface area contributed by atoms with Gasteiger partial charge in [-0.3, -0.25) is 4.68 Å². The Morgan fingerprint density at radius 1 is 1.19 bits per heavy atom. The van der Waals surface area contributed by atoms with Crippen LogP contribution in [-0.2, 0) is 6.54 Å². The molecule has 0 radical (unpaired) electrons. The molecule has 0 fully saturated rings.